The summed E-state index contributed by atoms with van der Waals surface area (Å²) in [6, 6.07) is 6.77. The van der Waals surface area contributed by atoms with Gasteiger partial charge in [0.05, 0.1) is 6.42 Å². The van der Waals surface area contributed by atoms with Gasteiger partial charge in [-0.2, -0.15) is 0 Å². The SMILES string of the molecule is CN1C(=O)Cc2cc(NS(=O)(=O)c3cc(F)ccc3F)ccc21. The lowest BCUT2D eigenvalue weighted by Crippen LogP contribution is -2.20. The van der Waals surface area contributed by atoms with Crippen molar-refractivity contribution in [3.05, 3.63) is 53.6 Å². The highest BCUT2D eigenvalue weighted by atomic mass is 32.2. The maximum absolute atomic E-state index is 13.7. The minimum absolute atomic E-state index is 0.101. The first-order valence-corrected chi connectivity index (χ1v) is 8.13. The molecule has 3 rings (SSSR count). The highest BCUT2D eigenvalue weighted by molar-refractivity contribution is 7.92. The molecule has 23 heavy (non-hydrogen) atoms. The van der Waals surface area contributed by atoms with Crippen molar-refractivity contribution in [3.8, 4) is 0 Å². The second-order valence-corrected chi connectivity index (χ2v) is 6.80. The van der Waals surface area contributed by atoms with Gasteiger partial charge in [0, 0.05) is 18.4 Å². The average molecular weight is 338 g/mol. The molecule has 0 saturated heterocycles. The number of anilines is 2. The monoisotopic (exact) mass is 338 g/mol. The van der Waals surface area contributed by atoms with Gasteiger partial charge < -0.3 is 4.90 Å². The number of fused-ring (bicyclic) bond motifs is 1. The van der Waals surface area contributed by atoms with Gasteiger partial charge in [-0.05, 0) is 42.0 Å². The number of nitrogens with zero attached hydrogens (tertiary/aromatic N) is 1. The molecule has 1 aliphatic rings. The van der Waals surface area contributed by atoms with Gasteiger partial charge in [0.1, 0.15) is 16.5 Å². The molecule has 5 nitrogen and oxygen atoms in total. The number of sulfonamides is 1. The second kappa shape index (κ2) is 5.31. The van der Waals surface area contributed by atoms with E-state index in [1.54, 1.807) is 13.1 Å². The lowest BCUT2D eigenvalue weighted by Gasteiger charge is -2.12. The topological polar surface area (TPSA) is 66.5 Å². The van der Waals surface area contributed by atoms with Gasteiger partial charge in [-0.1, -0.05) is 0 Å². The Kier molecular flexibility index (Phi) is 3.56. The molecule has 0 aliphatic carbocycles. The molecular formula is C15H12F2N2O3S. The van der Waals surface area contributed by atoms with Crippen molar-refractivity contribution < 1.29 is 22.0 Å². The summed E-state index contributed by atoms with van der Waals surface area (Å²) in [5.41, 5.74) is 1.53. The lowest BCUT2D eigenvalue weighted by molar-refractivity contribution is -0.117. The number of hydrogen-bond donors (Lipinski definition) is 1. The Morgan fingerprint density at radius 1 is 1.13 bits per heavy atom. The van der Waals surface area contributed by atoms with Crippen LogP contribution in [0.25, 0.3) is 0 Å². The van der Waals surface area contributed by atoms with E-state index >= 15 is 0 Å². The summed E-state index contributed by atoms with van der Waals surface area (Å²) in [7, 11) is -2.65. The van der Waals surface area contributed by atoms with Crippen molar-refractivity contribution in [2.45, 2.75) is 11.3 Å². The van der Waals surface area contributed by atoms with E-state index in [0.717, 1.165) is 12.1 Å². The Labute approximate surface area is 131 Å². The largest absolute Gasteiger partial charge is 0.315 e. The Bertz CT molecular complexity index is 913. The molecule has 0 unspecified atom stereocenters. The number of amides is 1. The number of halogens is 2. The van der Waals surface area contributed by atoms with Crippen molar-refractivity contribution in [2.24, 2.45) is 0 Å². The Balaban J connectivity index is 1.95. The highest BCUT2D eigenvalue weighted by Gasteiger charge is 2.25. The molecule has 0 radical (unpaired) electrons. The first kappa shape index (κ1) is 15.4. The molecule has 2 aromatic carbocycles. The molecule has 0 aromatic heterocycles. The zero-order valence-corrected chi connectivity index (χ0v) is 12.8. The molecule has 0 spiro atoms. The van der Waals surface area contributed by atoms with Crippen LogP contribution in [0.1, 0.15) is 5.56 Å². The molecule has 0 saturated carbocycles. The second-order valence-electron chi connectivity index (χ2n) is 5.15. The molecule has 0 atom stereocenters. The van der Waals surface area contributed by atoms with Gasteiger partial charge >= 0.3 is 0 Å². The van der Waals surface area contributed by atoms with Crippen LogP contribution in [0.5, 0.6) is 0 Å². The smallest absolute Gasteiger partial charge is 0.264 e. The van der Waals surface area contributed by atoms with Crippen LogP contribution < -0.4 is 9.62 Å². The van der Waals surface area contributed by atoms with Crippen LogP contribution in [0.3, 0.4) is 0 Å². The van der Waals surface area contributed by atoms with E-state index in [4.69, 9.17) is 0 Å². The maximum atomic E-state index is 13.7. The zero-order chi connectivity index (χ0) is 16.8. The molecule has 0 bridgehead atoms. The number of carbonyl (C=O) groups is 1. The normalized spacial score (nSPS) is 14.0. The maximum Gasteiger partial charge on any atom is 0.264 e. The van der Waals surface area contributed by atoms with Gasteiger partial charge in [0.2, 0.25) is 5.91 Å². The van der Waals surface area contributed by atoms with Crippen LogP contribution in [-0.4, -0.2) is 21.4 Å². The van der Waals surface area contributed by atoms with E-state index in [2.05, 4.69) is 4.72 Å². The van der Waals surface area contributed by atoms with Crippen LogP contribution in [0.4, 0.5) is 20.2 Å². The minimum Gasteiger partial charge on any atom is -0.315 e. The summed E-state index contributed by atoms with van der Waals surface area (Å²) in [5.74, 6) is -2.00. The van der Waals surface area contributed by atoms with E-state index in [1.807, 2.05) is 0 Å². The van der Waals surface area contributed by atoms with Crippen molar-refractivity contribution in [2.75, 3.05) is 16.7 Å². The molecule has 0 fully saturated rings. The van der Waals surface area contributed by atoms with E-state index in [0.29, 0.717) is 17.3 Å². The Hall–Kier alpha value is -2.48. The highest BCUT2D eigenvalue weighted by Crippen LogP contribution is 2.31. The summed E-state index contributed by atoms with van der Waals surface area (Å²) in [6.07, 6.45) is 0.162. The third-order valence-corrected chi connectivity index (χ3v) is 4.99. The number of benzene rings is 2. The lowest BCUT2D eigenvalue weighted by atomic mass is 10.1. The Morgan fingerprint density at radius 2 is 1.87 bits per heavy atom. The molecule has 2 aromatic rings. The molecule has 1 aliphatic heterocycles. The van der Waals surface area contributed by atoms with Gasteiger partial charge in [-0.25, -0.2) is 17.2 Å². The summed E-state index contributed by atoms with van der Waals surface area (Å²) in [5, 5.41) is 0. The predicted molar refractivity (Wildman–Crippen MR) is 80.7 cm³/mol. The number of hydrogen-bond acceptors (Lipinski definition) is 3. The standard InChI is InChI=1S/C15H12F2N2O3S/c1-19-13-5-3-11(6-9(13)7-15(19)20)18-23(21,22)14-8-10(16)2-4-12(14)17/h2-6,8,18H,7H2,1H3. The van der Waals surface area contributed by atoms with E-state index < -0.39 is 26.6 Å². The molecule has 1 N–H and O–H groups in total. The first-order valence-electron chi connectivity index (χ1n) is 6.65. The van der Waals surface area contributed by atoms with Crippen LogP contribution >= 0.6 is 0 Å². The average Bonchev–Trinajstić information content (AvgIpc) is 2.75. The zero-order valence-electron chi connectivity index (χ0n) is 12.0. The summed E-state index contributed by atoms with van der Waals surface area (Å²) >= 11 is 0. The van der Waals surface area contributed by atoms with Gasteiger partial charge in [0.25, 0.3) is 10.0 Å². The molecule has 120 valence electrons. The molecule has 1 heterocycles. The fourth-order valence-corrected chi connectivity index (χ4v) is 3.57. The quantitative estimate of drug-likeness (QED) is 0.934. The van der Waals surface area contributed by atoms with E-state index in [1.165, 1.54) is 17.0 Å². The Morgan fingerprint density at radius 3 is 2.61 bits per heavy atom. The van der Waals surface area contributed by atoms with Gasteiger partial charge in [-0.15, -0.1) is 0 Å². The molecule has 1 amide bonds. The number of nitrogens with one attached hydrogen (secondary N) is 1. The van der Waals surface area contributed by atoms with Crippen molar-refractivity contribution in [1.82, 2.24) is 0 Å². The van der Waals surface area contributed by atoms with E-state index in [-0.39, 0.29) is 18.0 Å². The third-order valence-electron chi connectivity index (χ3n) is 3.59. The minimum atomic E-state index is -4.27. The van der Waals surface area contributed by atoms with Crippen LogP contribution in [0.2, 0.25) is 0 Å². The molecule has 8 heteroatoms. The molecular weight excluding hydrogens is 326 g/mol. The summed E-state index contributed by atoms with van der Waals surface area (Å²) in [6.45, 7) is 0. The fourth-order valence-electron chi connectivity index (χ4n) is 2.43. The number of carbonyl (C=O) groups excluding carboxylic acids is 1. The summed E-state index contributed by atoms with van der Waals surface area (Å²) in [4.78, 5) is 12.3. The predicted octanol–water partition coefficient (Wildman–Crippen LogP) is 2.28. The van der Waals surface area contributed by atoms with Gasteiger partial charge in [-0.3, -0.25) is 9.52 Å². The van der Waals surface area contributed by atoms with Crippen LogP contribution in [0, 0.1) is 11.6 Å². The van der Waals surface area contributed by atoms with Crippen molar-refractivity contribution >= 4 is 27.3 Å². The summed E-state index contributed by atoms with van der Waals surface area (Å²) < 4.78 is 53.4. The fraction of sp³-hybridized carbons (Fsp3) is 0.133. The first-order chi connectivity index (χ1) is 10.8. The number of rotatable bonds is 3. The van der Waals surface area contributed by atoms with Crippen LogP contribution in [-0.2, 0) is 21.2 Å². The van der Waals surface area contributed by atoms with Crippen molar-refractivity contribution in [3.63, 3.8) is 0 Å². The van der Waals surface area contributed by atoms with Crippen molar-refractivity contribution in [1.29, 1.82) is 0 Å². The third kappa shape index (κ3) is 2.77. The number of likely N-dealkylation sites (N-methyl/N-ethyl adjacent to an activating group) is 1. The van der Waals surface area contributed by atoms with Crippen LogP contribution in [0.15, 0.2) is 41.3 Å². The van der Waals surface area contributed by atoms with E-state index in [9.17, 15) is 22.0 Å². The van der Waals surface area contributed by atoms with Gasteiger partial charge in [0.15, 0.2) is 0 Å².